The fraction of sp³-hybridized carbons (Fsp3) is 0.121. The summed E-state index contributed by atoms with van der Waals surface area (Å²) in [6.45, 7) is 2.85. The SMILES string of the molecule is CCCc1nc2ccc(-c3cc4ccccc4cn3)cc2n1Cc1ccc(-c2ccccc2C(=O)O)cc1. The van der Waals surface area contributed by atoms with E-state index < -0.39 is 5.97 Å². The molecule has 0 aliphatic carbocycles. The summed E-state index contributed by atoms with van der Waals surface area (Å²) in [5.41, 5.74) is 7.11. The molecular weight excluding hydrogens is 470 g/mol. The van der Waals surface area contributed by atoms with E-state index in [9.17, 15) is 9.90 Å². The lowest BCUT2D eigenvalue weighted by Crippen LogP contribution is -2.05. The molecule has 5 nitrogen and oxygen atoms in total. The van der Waals surface area contributed by atoms with Crippen LogP contribution in [0.5, 0.6) is 0 Å². The molecule has 1 N–H and O–H groups in total. The zero-order valence-electron chi connectivity index (χ0n) is 21.1. The number of hydrogen-bond acceptors (Lipinski definition) is 3. The van der Waals surface area contributed by atoms with Gasteiger partial charge in [-0.2, -0.15) is 0 Å². The molecule has 0 saturated heterocycles. The first-order valence-electron chi connectivity index (χ1n) is 12.9. The molecule has 0 aliphatic rings. The molecule has 6 aromatic rings. The molecule has 0 unspecified atom stereocenters. The quantitative estimate of drug-likeness (QED) is 0.246. The van der Waals surface area contributed by atoms with Gasteiger partial charge in [0.25, 0.3) is 0 Å². The Morgan fingerprint density at radius 3 is 2.37 bits per heavy atom. The highest BCUT2D eigenvalue weighted by atomic mass is 16.4. The number of rotatable bonds is 7. The average molecular weight is 498 g/mol. The first-order chi connectivity index (χ1) is 18.6. The smallest absolute Gasteiger partial charge is 0.336 e. The molecule has 0 aliphatic heterocycles. The minimum absolute atomic E-state index is 0.306. The molecule has 0 atom stereocenters. The molecular formula is C33H27N3O2. The Balaban J connectivity index is 1.37. The van der Waals surface area contributed by atoms with Gasteiger partial charge in [-0.3, -0.25) is 4.98 Å². The third kappa shape index (κ3) is 4.43. The number of carboxylic acid groups (broad SMARTS) is 1. The van der Waals surface area contributed by atoms with Crippen molar-refractivity contribution in [1.82, 2.24) is 14.5 Å². The lowest BCUT2D eigenvalue weighted by Gasteiger charge is -2.11. The van der Waals surface area contributed by atoms with Gasteiger partial charge < -0.3 is 9.67 Å². The molecule has 0 radical (unpaired) electrons. The van der Waals surface area contributed by atoms with Crippen LogP contribution in [-0.4, -0.2) is 25.6 Å². The highest BCUT2D eigenvalue weighted by Gasteiger charge is 2.14. The van der Waals surface area contributed by atoms with Crippen LogP contribution in [0, 0.1) is 0 Å². The molecule has 0 spiro atoms. The average Bonchev–Trinajstić information content (AvgIpc) is 3.29. The van der Waals surface area contributed by atoms with Gasteiger partial charge in [0.2, 0.25) is 0 Å². The molecule has 0 fully saturated rings. The standard InChI is InChI=1S/C33H27N3O2/c1-2-7-32-35-29-17-16-25(30-18-24-8-3-4-9-26(24)20-34-30)19-31(29)36(32)21-22-12-14-23(15-13-22)27-10-5-6-11-28(27)33(37)38/h3-6,8-20H,2,7,21H2,1H3,(H,37,38). The van der Waals surface area contributed by atoms with Crippen LogP contribution in [0.15, 0.2) is 103 Å². The number of nitrogens with zero attached hydrogens (tertiary/aromatic N) is 3. The molecule has 0 amide bonds. The molecule has 186 valence electrons. The number of pyridine rings is 1. The van der Waals surface area contributed by atoms with Crippen molar-refractivity contribution in [1.29, 1.82) is 0 Å². The van der Waals surface area contributed by atoms with E-state index in [-0.39, 0.29) is 0 Å². The van der Waals surface area contributed by atoms with Gasteiger partial charge in [-0.15, -0.1) is 0 Å². The number of aromatic carboxylic acids is 1. The van der Waals surface area contributed by atoms with E-state index in [0.717, 1.165) is 63.0 Å². The van der Waals surface area contributed by atoms with E-state index in [1.54, 1.807) is 12.1 Å². The van der Waals surface area contributed by atoms with Gasteiger partial charge in [0.05, 0.1) is 22.3 Å². The molecule has 5 heteroatoms. The fourth-order valence-electron chi connectivity index (χ4n) is 5.06. The second-order valence-corrected chi connectivity index (χ2v) is 9.53. The minimum atomic E-state index is -0.921. The Morgan fingerprint density at radius 2 is 1.58 bits per heavy atom. The van der Waals surface area contributed by atoms with E-state index in [2.05, 4.69) is 60.0 Å². The third-order valence-electron chi connectivity index (χ3n) is 6.99. The largest absolute Gasteiger partial charge is 0.478 e. The normalized spacial score (nSPS) is 11.3. The lowest BCUT2D eigenvalue weighted by atomic mass is 9.98. The number of benzene rings is 4. The van der Waals surface area contributed by atoms with Crippen molar-refractivity contribution in [3.63, 3.8) is 0 Å². The highest BCUT2D eigenvalue weighted by molar-refractivity contribution is 5.96. The maximum absolute atomic E-state index is 11.7. The summed E-state index contributed by atoms with van der Waals surface area (Å²) in [7, 11) is 0. The Hall–Kier alpha value is -4.77. The van der Waals surface area contributed by atoms with Crippen molar-refractivity contribution < 1.29 is 9.90 Å². The van der Waals surface area contributed by atoms with Crippen LogP contribution < -0.4 is 0 Å². The predicted molar refractivity (Wildman–Crippen MR) is 152 cm³/mol. The van der Waals surface area contributed by atoms with Gasteiger partial charge >= 0.3 is 5.97 Å². The van der Waals surface area contributed by atoms with E-state index in [1.165, 1.54) is 5.39 Å². The van der Waals surface area contributed by atoms with Crippen LogP contribution in [0.25, 0.3) is 44.2 Å². The van der Waals surface area contributed by atoms with Crippen LogP contribution in [0.2, 0.25) is 0 Å². The van der Waals surface area contributed by atoms with Crippen LogP contribution in [0.3, 0.4) is 0 Å². The number of aryl methyl sites for hydroxylation is 1. The number of carbonyl (C=O) groups is 1. The van der Waals surface area contributed by atoms with Crippen molar-refractivity contribution in [3.05, 3.63) is 120 Å². The van der Waals surface area contributed by atoms with Gasteiger partial charge in [-0.25, -0.2) is 9.78 Å². The highest BCUT2D eigenvalue weighted by Crippen LogP contribution is 2.28. The summed E-state index contributed by atoms with van der Waals surface area (Å²) in [5, 5.41) is 11.9. The summed E-state index contributed by atoms with van der Waals surface area (Å²) < 4.78 is 2.30. The molecule has 0 bridgehead atoms. The topological polar surface area (TPSA) is 68.0 Å². The van der Waals surface area contributed by atoms with Crippen molar-refractivity contribution in [2.24, 2.45) is 0 Å². The van der Waals surface area contributed by atoms with E-state index in [1.807, 2.05) is 42.6 Å². The van der Waals surface area contributed by atoms with Crippen LogP contribution in [0.1, 0.15) is 35.1 Å². The van der Waals surface area contributed by atoms with Crippen molar-refractivity contribution in [2.45, 2.75) is 26.3 Å². The van der Waals surface area contributed by atoms with Gasteiger partial charge in [-0.05, 0) is 52.8 Å². The Morgan fingerprint density at radius 1 is 0.842 bits per heavy atom. The minimum Gasteiger partial charge on any atom is -0.478 e. The Bertz CT molecular complexity index is 1780. The lowest BCUT2D eigenvalue weighted by molar-refractivity contribution is 0.0697. The second-order valence-electron chi connectivity index (χ2n) is 9.53. The van der Waals surface area contributed by atoms with Gasteiger partial charge in [-0.1, -0.05) is 79.7 Å². The summed E-state index contributed by atoms with van der Waals surface area (Å²) >= 11 is 0. The first kappa shape index (κ1) is 23.6. The van der Waals surface area contributed by atoms with E-state index >= 15 is 0 Å². The Labute approximate surface area is 221 Å². The van der Waals surface area contributed by atoms with Crippen molar-refractivity contribution >= 4 is 27.8 Å². The summed E-state index contributed by atoms with van der Waals surface area (Å²) in [6.07, 6.45) is 3.83. The predicted octanol–water partition coefficient (Wildman–Crippen LogP) is 7.62. The zero-order valence-corrected chi connectivity index (χ0v) is 21.1. The maximum Gasteiger partial charge on any atom is 0.336 e. The van der Waals surface area contributed by atoms with E-state index in [4.69, 9.17) is 9.97 Å². The monoisotopic (exact) mass is 497 g/mol. The molecule has 2 aromatic heterocycles. The van der Waals surface area contributed by atoms with Crippen LogP contribution >= 0.6 is 0 Å². The first-order valence-corrected chi connectivity index (χ1v) is 12.9. The molecule has 6 rings (SSSR count). The maximum atomic E-state index is 11.7. The summed E-state index contributed by atoms with van der Waals surface area (Å²) in [5.74, 6) is 0.141. The number of aromatic nitrogens is 3. The molecule has 0 saturated carbocycles. The second kappa shape index (κ2) is 9.94. The molecule has 2 heterocycles. The third-order valence-corrected chi connectivity index (χ3v) is 6.99. The number of imidazole rings is 1. The van der Waals surface area contributed by atoms with Crippen LogP contribution in [0.4, 0.5) is 0 Å². The molecule has 4 aromatic carbocycles. The van der Waals surface area contributed by atoms with Gasteiger partial charge in [0.15, 0.2) is 0 Å². The Kier molecular flexibility index (Phi) is 6.18. The van der Waals surface area contributed by atoms with Crippen molar-refractivity contribution in [2.75, 3.05) is 0 Å². The molecule has 38 heavy (non-hydrogen) atoms. The van der Waals surface area contributed by atoms with Gasteiger partial charge in [0, 0.05) is 30.1 Å². The fourth-order valence-corrected chi connectivity index (χ4v) is 5.06. The summed E-state index contributed by atoms with van der Waals surface area (Å²) in [4.78, 5) is 21.4. The van der Waals surface area contributed by atoms with Crippen LogP contribution in [-0.2, 0) is 13.0 Å². The number of carboxylic acids is 1. The number of hydrogen-bond donors (Lipinski definition) is 1. The zero-order chi connectivity index (χ0) is 26.1. The number of fused-ring (bicyclic) bond motifs is 2. The van der Waals surface area contributed by atoms with E-state index in [0.29, 0.717) is 12.1 Å². The van der Waals surface area contributed by atoms with Gasteiger partial charge in [0.1, 0.15) is 5.82 Å². The van der Waals surface area contributed by atoms with Crippen molar-refractivity contribution in [3.8, 4) is 22.4 Å². The summed E-state index contributed by atoms with van der Waals surface area (Å²) in [6, 6.07) is 32.0.